The summed E-state index contributed by atoms with van der Waals surface area (Å²) >= 11 is 0. The molecule has 3 N–H and O–H groups in total. The molecule has 88 valence electrons. The van der Waals surface area contributed by atoms with Gasteiger partial charge in [0.05, 0.1) is 0 Å². The first-order valence-electron chi connectivity index (χ1n) is 6.04. The third-order valence-corrected chi connectivity index (χ3v) is 2.91. The molecule has 0 aromatic heterocycles. The fourth-order valence-corrected chi connectivity index (χ4v) is 2.09. The zero-order valence-electron chi connectivity index (χ0n) is 9.67. The van der Waals surface area contributed by atoms with E-state index in [1.807, 2.05) is 4.90 Å². The van der Waals surface area contributed by atoms with E-state index in [1.54, 1.807) is 0 Å². The zero-order chi connectivity index (χ0) is 11.1. The highest BCUT2D eigenvalue weighted by molar-refractivity contribution is 5.74. The van der Waals surface area contributed by atoms with Gasteiger partial charge in [-0.3, -0.25) is 0 Å². The molecular weight excluding hydrogens is 190 g/mol. The molecule has 0 aromatic carbocycles. The van der Waals surface area contributed by atoms with Gasteiger partial charge in [-0.15, -0.1) is 0 Å². The number of hydrogen-bond acceptors (Lipinski definition) is 2. The molecule has 0 aromatic rings. The van der Waals surface area contributed by atoms with Gasteiger partial charge in [0, 0.05) is 19.1 Å². The van der Waals surface area contributed by atoms with Gasteiger partial charge in [0.1, 0.15) is 0 Å². The average molecular weight is 213 g/mol. The van der Waals surface area contributed by atoms with Gasteiger partial charge in [-0.1, -0.05) is 6.92 Å². The van der Waals surface area contributed by atoms with E-state index in [4.69, 9.17) is 5.73 Å². The minimum Gasteiger partial charge on any atom is -0.338 e. The van der Waals surface area contributed by atoms with Crippen LogP contribution in [0.3, 0.4) is 0 Å². The van der Waals surface area contributed by atoms with Crippen LogP contribution in [0.4, 0.5) is 4.79 Å². The summed E-state index contributed by atoms with van der Waals surface area (Å²) in [6, 6.07) is 0.529. The number of carbonyl (C=O) groups excluding carboxylic acids is 1. The summed E-state index contributed by atoms with van der Waals surface area (Å²) in [7, 11) is 0. The normalized spacial score (nSPS) is 20.7. The molecule has 0 saturated carbocycles. The second-order valence-corrected chi connectivity index (χ2v) is 4.15. The molecular formula is C11H23N3O. The van der Waals surface area contributed by atoms with Crippen molar-refractivity contribution >= 4 is 6.03 Å². The van der Waals surface area contributed by atoms with E-state index >= 15 is 0 Å². The zero-order valence-corrected chi connectivity index (χ0v) is 9.67. The van der Waals surface area contributed by atoms with Crippen molar-refractivity contribution in [2.45, 2.75) is 45.1 Å². The maximum atomic E-state index is 11.8. The predicted octanol–water partition coefficient (Wildman–Crippen LogP) is 1.31. The standard InChI is InChI=1S/C11H23N3O/c1-2-8-13-11(15)14-9-4-6-10(14)5-3-7-12/h10H,2-9,12H2,1H3,(H,13,15). The fraction of sp³-hybridized carbons (Fsp3) is 0.909. The largest absolute Gasteiger partial charge is 0.338 e. The summed E-state index contributed by atoms with van der Waals surface area (Å²) in [6.07, 6.45) is 5.33. The Bertz CT molecular complexity index is 196. The van der Waals surface area contributed by atoms with E-state index in [0.717, 1.165) is 51.7 Å². The highest BCUT2D eigenvalue weighted by atomic mass is 16.2. The molecule has 15 heavy (non-hydrogen) atoms. The lowest BCUT2D eigenvalue weighted by Gasteiger charge is -2.24. The summed E-state index contributed by atoms with van der Waals surface area (Å²) in [6.45, 7) is 4.47. The lowest BCUT2D eigenvalue weighted by Crippen LogP contribution is -2.43. The van der Waals surface area contributed by atoms with Gasteiger partial charge in [0.15, 0.2) is 0 Å². The van der Waals surface area contributed by atoms with Gasteiger partial charge in [-0.25, -0.2) is 4.79 Å². The molecule has 1 aliphatic heterocycles. The van der Waals surface area contributed by atoms with E-state index in [-0.39, 0.29) is 6.03 Å². The molecule has 0 radical (unpaired) electrons. The first-order valence-corrected chi connectivity index (χ1v) is 6.04. The molecule has 1 unspecified atom stereocenters. The van der Waals surface area contributed by atoms with Crippen molar-refractivity contribution in [1.29, 1.82) is 0 Å². The number of nitrogens with two attached hydrogens (primary N) is 1. The lowest BCUT2D eigenvalue weighted by atomic mass is 10.1. The highest BCUT2D eigenvalue weighted by Gasteiger charge is 2.27. The molecule has 1 heterocycles. The van der Waals surface area contributed by atoms with E-state index in [1.165, 1.54) is 0 Å². The molecule has 0 spiro atoms. The van der Waals surface area contributed by atoms with E-state index in [2.05, 4.69) is 12.2 Å². The van der Waals surface area contributed by atoms with Crippen LogP contribution in [-0.2, 0) is 0 Å². The van der Waals surface area contributed by atoms with Crippen LogP contribution in [0.25, 0.3) is 0 Å². The Morgan fingerprint density at radius 2 is 2.40 bits per heavy atom. The monoisotopic (exact) mass is 213 g/mol. The van der Waals surface area contributed by atoms with Crippen molar-refractivity contribution in [3.63, 3.8) is 0 Å². The first kappa shape index (κ1) is 12.3. The number of nitrogens with zero attached hydrogens (tertiary/aromatic N) is 1. The molecule has 1 atom stereocenters. The second kappa shape index (κ2) is 6.67. The average Bonchev–Trinajstić information content (AvgIpc) is 2.71. The fourth-order valence-electron chi connectivity index (χ4n) is 2.09. The minimum atomic E-state index is 0.108. The van der Waals surface area contributed by atoms with Gasteiger partial charge < -0.3 is 16.0 Å². The smallest absolute Gasteiger partial charge is 0.317 e. The Morgan fingerprint density at radius 1 is 1.60 bits per heavy atom. The van der Waals surface area contributed by atoms with Gasteiger partial charge >= 0.3 is 6.03 Å². The van der Waals surface area contributed by atoms with Gasteiger partial charge in [-0.2, -0.15) is 0 Å². The Morgan fingerprint density at radius 3 is 3.07 bits per heavy atom. The molecule has 4 heteroatoms. The molecule has 0 aliphatic carbocycles. The number of nitrogens with one attached hydrogen (secondary N) is 1. The van der Waals surface area contributed by atoms with E-state index in [0.29, 0.717) is 6.04 Å². The van der Waals surface area contributed by atoms with Crippen LogP contribution < -0.4 is 11.1 Å². The van der Waals surface area contributed by atoms with Crippen LogP contribution in [0.1, 0.15) is 39.0 Å². The summed E-state index contributed by atoms with van der Waals surface area (Å²) < 4.78 is 0. The Labute approximate surface area is 92.2 Å². The SMILES string of the molecule is CCCNC(=O)N1CCCC1CCCN. The van der Waals surface area contributed by atoms with Crippen LogP contribution in [0, 0.1) is 0 Å². The van der Waals surface area contributed by atoms with Crippen LogP contribution in [0.5, 0.6) is 0 Å². The molecule has 1 fully saturated rings. The molecule has 1 saturated heterocycles. The first-order chi connectivity index (χ1) is 7.29. The maximum absolute atomic E-state index is 11.8. The summed E-state index contributed by atoms with van der Waals surface area (Å²) in [5, 5.41) is 2.94. The summed E-state index contributed by atoms with van der Waals surface area (Å²) in [5.74, 6) is 0. The molecule has 4 nitrogen and oxygen atoms in total. The van der Waals surface area contributed by atoms with Crippen LogP contribution in [-0.4, -0.2) is 36.6 Å². The van der Waals surface area contributed by atoms with Gasteiger partial charge in [-0.05, 0) is 38.6 Å². The maximum Gasteiger partial charge on any atom is 0.317 e. The molecule has 0 bridgehead atoms. The van der Waals surface area contributed by atoms with Crippen molar-refractivity contribution in [2.75, 3.05) is 19.6 Å². The number of likely N-dealkylation sites (tertiary alicyclic amines) is 1. The molecule has 1 aliphatic rings. The number of urea groups is 1. The van der Waals surface area contributed by atoms with E-state index in [9.17, 15) is 4.79 Å². The number of carbonyl (C=O) groups is 1. The summed E-state index contributed by atoms with van der Waals surface area (Å²) in [4.78, 5) is 13.7. The quantitative estimate of drug-likeness (QED) is 0.723. The molecule has 2 amide bonds. The van der Waals surface area contributed by atoms with Crippen LogP contribution in [0.2, 0.25) is 0 Å². The second-order valence-electron chi connectivity index (χ2n) is 4.15. The third kappa shape index (κ3) is 3.70. The topological polar surface area (TPSA) is 58.4 Å². The van der Waals surface area contributed by atoms with Crippen molar-refractivity contribution in [3.05, 3.63) is 0 Å². The third-order valence-electron chi connectivity index (χ3n) is 2.91. The van der Waals surface area contributed by atoms with Crippen LogP contribution >= 0.6 is 0 Å². The van der Waals surface area contributed by atoms with Crippen molar-refractivity contribution in [1.82, 2.24) is 10.2 Å². The van der Waals surface area contributed by atoms with Crippen LogP contribution in [0.15, 0.2) is 0 Å². The van der Waals surface area contributed by atoms with Crippen molar-refractivity contribution < 1.29 is 4.79 Å². The lowest BCUT2D eigenvalue weighted by molar-refractivity contribution is 0.189. The minimum absolute atomic E-state index is 0.108. The van der Waals surface area contributed by atoms with Crippen molar-refractivity contribution in [2.24, 2.45) is 5.73 Å². The van der Waals surface area contributed by atoms with E-state index < -0.39 is 0 Å². The van der Waals surface area contributed by atoms with Gasteiger partial charge in [0.2, 0.25) is 0 Å². The molecule has 1 rings (SSSR count). The summed E-state index contributed by atoms with van der Waals surface area (Å²) in [5.41, 5.74) is 5.49. The Kier molecular flexibility index (Phi) is 5.47. The van der Waals surface area contributed by atoms with Crippen molar-refractivity contribution in [3.8, 4) is 0 Å². The number of rotatable bonds is 5. The Hall–Kier alpha value is -0.770. The number of amides is 2. The Balaban J connectivity index is 2.34. The number of hydrogen-bond donors (Lipinski definition) is 2. The van der Waals surface area contributed by atoms with Gasteiger partial charge in [0.25, 0.3) is 0 Å². The predicted molar refractivity (Wildman–Crippen MR) is 61.7 cm³/mol. The highest BCUT2D eigenvalue weighted by Crippen LogP contribution is 2.20.